The SMILES string of the molecule is Cc1cncc(C(=O)N2CCN=C2Nc2c(Cl)cccc2Cl)c1. The number of benzene rings is 1. The van der Waals surface area contributed by atoms with Crippen molar-refractivity contribution in [2.45, 2.75) is 6.92 Å². The van der Waals surface area contributed by atoms with Crippen molar-refractivity contribution < 1.29 is 4.79 Å². The van der Waals surface area contributed by atoms with Crippen LogP contribution >= 0.6 is 23.2 Å². The lowest BCUT2D eigenvalue weighted by Gasteiger charge is -2.20. The zero-order valence-corrected chi connectivity index (χ0v) is 13.9. The van der Waals surface area contributed by atoms with E-state index in [0.717, 1.165) is 5.56 Å². The number of aryl methyl sites for hydroxylation is 1. The summed E-state index contributed by atoms with van der Waals surface area (Å²) in [6.07, 6.45) is 3.26. The predicted octanol–water partition coefficient (Wildman–Crippen LogP) is 3.62. The summed E-state index contributed by atoms with van der Waals surface area (Å²) in [5, 5.41) is 4.00. The van der Waals surface area contributed by atoms with E-state index in [4.69, 9.17) is 23.2 Å². The molecule has 1 aliphatic rings. The Balaban J connectivity index is 1.85. The quantitative estimate of drug-likeness (QED) is 0.901. The van der Waals surface area contributed by atoms with Crippen LogP contribution in [0, 0.1) is 6.92 Å². The number of halogens is 2. The van der Waals surface area contributed by atoms with E-state index in [0.29, 0.717) is 40.3 Å². The van der Waals surface area contributed by atoms with Gasteiger partial charge in [0.1, 0.15) is 0 Å². The molecule has 1 N–H and O–H groups in total. The number of hydrogen-bond donors (Lipinski definition) is 1. The second kappa shape index (κ2) is 6.56. The van der Waals surface area contributed by atoms with Crippen LogP contribution in [0.4, 0.5) is 5.69 Å². The second-order valence-electron chi connectivity index (χ2n) is 5.13. The van der Waals surface area contributed by atoms with Gasteiger partial charge in [-0.25, -0.2) is 0 Å². The van der Waals surface area contributed by atoms with Crippen molar-refractivity contribution in [3.05, 3.63) is 57.8 Å². The molecular weight excluding hydrogens is 335 g/mol. The molecule has 0 radical (unpaired) electrons. The number of guanidine groups is 1. The Morgan fingerprint density at radius 3 is 2.70 bits per heavy atom. The number of rotatable bonds is 2. The highest BCUT2D eigenvalue weighted by Crippen LogP contribution is 2.30. The maximum absolute atomic E-state index is 12.7. The molecule has 118 valence electrons. The molecule has 0 fully saturated rings. The van der Waals surface area contributed by atoms with Gasteiger partial charge in [0.2, 0.25) is 5.96 Å². The van der Waals surface area contributed by atoms with Crippen molar-refractivity contribution >= 4 is 40.8 Å². The third-order valence-electron chi connectivity index (χ3n) is 3.41. The number of para-hydroxylation sites is 1. The number of carbonyl (C=O) groups is 1. The van der Waals surface area contributed by atoms with Gasteiger partial charge >= 0.3 is 0 Å². The fourth-order valence-corrected chi connectivity index (χ4v) is 2.80. The lowest BCUT2D eigenvalue weighted by molar-refractivity contribution is 0.0857. The number of aromatic nitrogens is 1. The summed E-state index contributed by atoms with van der Waals surface area (Å²) in [6.45, 7) is 2.91. The average Bonchev–Trinajstić information content (AvgIpc) is 2.98. The summed E-state index contributed by atoms with van der Waals surface area (Å²) < 4.78 is 0. The summed E-state index contributed by atoms with van der Waals surface area (Å²) in [4.78, 5) is 22.6. The van der Waals surface area contributed by atoms with Crippen molar-refractivity contribution in [2.75, 3.05) is 18.4 Å². The van der Waals surface area contributed by atoms with E-state index in [1.807, 2.05) is 6.92 Å². The van der Waals surface area contributed by atoms with Gasteiger partial charge in [0.25, 0.3) is 5.91 Å². The Hall–Kier alpha value is -2.11. The van der Waals surface area contributed by atoms with Crippen molar-refractivity contribution in [1.29, 1.82) is 0 Å². The predicted molar refractivity (Wildman–Crippen MR) is 92.4 cm³/mol. The van der Waals surface area contributed by atoms with E-state index in [1.54, 1.807) is 41.6 Å². The fourth-order valence-electron chi connectivity index (χ4n) is 2.31. The van der Waals surface area contributed by atoms with Crippen LogP contribution in [0.15, 0.2) is 41.7 Å². The standard InChI is InChI=1S/C16H14Cl2N4O/c1-10-7-11(9-19-8-10)15(23)22-6-5-20-16(22)21-14-12(17)3-2-4-13(14)18/h2-4,7-9H,5-6H2,1H3,(H,20,21). The number of nitrogens with one attached hydrogen (secondary N) is 1. The molecule has 2 heterocycles. The normalized spacial score (nSPS) is 13.9. The minimum Gasteiger partial charge on any atom is -0.323 e. The molecule has 0 atom stereocenters. The van der Waals surface area contributed by atoms with Gasteiger partial charge in [0.15, 0.2) is 0 Å². The van der Waals surface area contributed by atoms with Gasteiger partial charge in [0.05, 0.1) is 27.8 Å². The zero-order chi connectivity index (χ0) is 16.4. The molecule has 3 rings (SSSR count). The van der Waals surface area contributed by atoms with Crippen LogP contribution in [0.3, 0.4) is 0 Å². The Morgan fingerprint density at radius 2 is 2.00 bits per heavy atom. The molecule has 0 saturated heterocycles. The Kier molecular flexibility index (Phi) is 4.50. The van der Waals surface area contributed by atoms with Gasteiger partial charge in [-0.05, 0) is 30.7 Å². The van der Waals surface area contributed by atoms with E-state index in [-0.39, 0.29) is 5.91 Å². The van der Waals surface area contributed by atoms with E-state index >= 15 is 0 Å². The summed E-state index contributed by atoms with van der Waals surface area (Å²) in [6, 6.07) is 7.01. The first-order valence-corrected chi connectivity index (χ1v) is 7.81. The lowest BCUT2D eigenvalue weighted by atomic mass is 10.2. The molecule has 0 saturated carbocycles. The van der Waals surface area contributed by atoms with E-state index < -0.39 is 0 Å². The van der Waals surface area contributed by atoms with Gasteiger partial charge in [0, 0.05) is 18.9 Å². The monoisotopic (exact) mass is 348 g/mol. The summed E-state index contributed by atoms with van der Waals surface area (Å²) in [7, 11) is 0. The molecule has 1 aliphatic heterocycles. The highest BCUT2D eigenvalue weighted by molar-refractivity contribution is 6.40. The molecule has 2 aromatic rings. The first-order valence-electron chi connectivity index (χ1n) is 7.05. The first kappa shape index (κ1) is 15.8. The van der Waals surface area contributed by atoms with Crippen molar-refractivity contribution in [1.82, 2.24) is 9.88 Å². The minimum absolute atomic E-state index is 0.159. The molecule has 7 heteroatoms. The molecule has 23 heavy (non-hydrogen) atoms. The van der Waals surface area contributed by atoms with Crippen LogP contribution in [-0.2, 0) is 0 Å². The zero-order valence-electron chi connectivity index (χ0n) is 12.4. The smallest absolute Gasteiger partial charge is 0.262 e. The maximum atomic E-state index is 12.7. The summed E-state index contributed by atoms with van der Waals surface area (Å²) in [5.74, 6) is 0.277. The van der Waals surface area contributed by atoms with Crippen molar-refractivity contribution in [3.63, 3.8) is 0 Å². The molecule has 0 unspecified atom stereocenters. The van der Waals surface area contributed by atoms with Crippen molar-refractivity contribution in [3.8, 4) is 0 Å². The average molecular weight is 349 g/mol. The topological polar surface area (TPSA) is 57.6 Å². The lowest BCUT2D eigenvalue weighted by Crippen LogP contribution is -2.38. The Bertz CT molecular complexity index is 771. The van der Waals surface area contributed by atoms with Gasteiger partial charge < -0.3 is 5.32 Å². The highest BCUT2D eigenvalue weighted by atomic mass is 35.5. The number of carbonyl (C=O) groups excluding carboxylic acids is 1. The number of anilines is 1. The van der Waals surface area contributed by atoms with Crippen molar-refractivity contribution in [2.24, 2.45) is 4.99 Å². The third-order valence-corrected chi connectivity index (χ3v) is 4.04. The number of pyridine rings is 1. The second-order valence-corrected chi connectivity index (χ2v) is 5.95. The summed E-state index contributed by atoms with van der Waals surface area (Å²) in [5.41, 5.74) is 1.99. The highest BCUT2D eigenvalue weighted by Gasteiger charge is 2.26. The van der Waals surface area contributed by atoms with Crippen LogP contribution in [0.25, 0.3) is 0 Å². The molecule has 1 aromatic carbocycles. The molecule has 5 nitrogen and oxygen atoms in total. The van der Waals surface area contributed by atoms with Crippen LogP contribution in [0.1, 0.15) is 15.9 Å². The van der Waals surface area contributed by atoms with Crippen LogP contribution < -0.4 is 5.32 Å². The maximum Gasteiger partial charge on any atom is 0.262 e. The number of amides is 1. The molecule has 0 spiro atoms. The van der Waals surface area contributed by atoms with E-state index in [9.17, 15) is 4.79 Å². The van der Waals surface area contributed by atoms with Crippen LogP contribution in [-0.4, -0.2) is 34.8 Å². The molecule has 0 aliphatic carbocycles. The molecule has 1 amide bonds. The number of hydrogen-bond acceptors (Lipinski definition) is 4. The number of nitrogens with zero attached hydrogens (tertiary/aromatic N) is 3. The number of aliphatic imine (C=N–C) groups is 1. The van der Waals surface area contributed by atoms with Gasteiger partial charge in [-0.15, -0.1) is 0 Å². The van der Waals surface area contributed by atoms with Gasteiger partial charge in [-0.1, -0.05) is 29.3 Å². The largest absolute Gasteiger partial charge is 0.323 e. The van der Waals surface area contributed by atoms with Crippen LogP contribution in [0.2, 0.25) is 10.0 Å². The van der Waals surface area contributed by atoms with Gasteiger partial charge in [-0.2, -0.15) is 0 Å². The molecular formula is C16H14Cl2N4O. The van der Waals surface area contributed by atoms with Crippen LogP contribution in [0.5, 0.6) is 0 Å². The molecule has 1 aromatic heterocycles. The molecule has 0 bridgehead atoms. The Labute approximate surface area is 144 Å². The third kappa shape index (κ3) is 3.30. The fraction of sp³-hybridized carbons (Fsp3) is 0.188. The van der Waals surface area contributed by atoms with E-state index in [1.165, 1.54) is 0 Å². The Morgan fingerprint density at radius 1 is 1.26 bits per heavy atom. The van der Waals surface area contributed by atoms with Gasteiger partial charge in [-0.3, -0.25) is 19.7 Å². The van der Waals surface area contributed by atoms with E-state index in [2.05, 4.69) is 15.3 Å². The minimum atomic E-state index is -0.159. The first-order chi connectivity index (χ1) is 11.1. The summed E-state index contributed by atoms with van der Waals surface area (Å²) >= 11 is 12.3.